The number of carbonyl (C=O) groups excluding carboxylic acids is 2. The van der Waals surface area contributed by atoms with Crippen LogP contribution >= 0.6 is 33.9 Å². The van der Waals surface area contributed by atoms with Crippen molar-refractivity contribution in [3.05, 3.63) is 32.8 Å². The van der Waals surface area contributed by atoms with Gasteiger partial charge in [0.2, 0.25) is 5.13 Å². The fourth-order valence-electron chi connectivity index (χ4n) is 2.57. The third-order valence-corrected chi connectivity index (χ3v) is 6.20. The molecule has 0 bridgehead atoms. The molecule has 3 rings (SSSR count). The zero-order valence-corrected chi connectivity index (χ0v) is 19.1. The van der Waals surface area contributed by atoms with Crippen LogP contribution in [-0.2, 0) is 10.2 Å². The minimum Gasteiger partial charge on any atom is -0.425 e. The summed E-state index contributed by atoms with van der Waals surface area (Å²) in [6, 6.07) is 7.09. The molecule has 28 heavy (non-hydrogen) atoms. The van der Waals surface area contributed by atoms with Crippen LogP contribution in [0, 0.1) is 3.57 Å². The van der Waals surface area contributed by atoms with Gasteiger partial charge in [0.15, 0.2) is 6.23 Å². The van der Waals surface area contributed by atoms with Crippen LogP contribution in [0.25, 0.3) is 0 Å². The van der Waals surface area contributed by atoms with Gasteiger partial charge in [-0.05, 0) is 46.9 Å². The molecule has 1 aromatic heterocycles. The van der Waals surface area contributed by atoms with Crippen molar-refractivity contribution in [2.45, 2.75) is 38.8 Å². The molecule has 0 aliphatic carbocycles. The summed E-state index contributed by atoms with van der Waals surface area (Å²) in [5.74, 6) is 0. The maximum atomic E-state index is 12.8. The lowest BCUT2D eigenvalue weighted by molar-refractivity contribution is 0.0842. The fraction of sp³-hybridized carbons (Fsp3) is 0.444. The Bertz CT molecular complexity index is 865. The van der Waals surface area contributed by atoms with E-state index in [-0.39, 0.29) is 11.4 Å². The van der Waals surface area contributed by atoms with Gasteiger partial charge in [-0.15, -0.1) is 10.2 Å². The van der Waals surface area contributed by atoms with Crippen molar-refractivity contribution in [2.75, 3.05) is 23.8 Å². The van der Waals surface area contributed by atoms with Gasteiger partial charge in [-0.3, -0.25) is 5.32 Å². The van der Waals surface area contributed by atoms with Gasteiger partial charge < -0.3 is 9.64 Å². The monoisotopic (exact) mass is 515 g/mol. The van der Waals surface area contributed by atoms with Crippen LogP contribution < -0.4 is 10.2 Å². The van der Waals surface area contributed by atoms with Gasteiger partial charge in [-0.1, -0.05) is 32.1 Å². The number of benzene rings is 1. The number of hydrogen-bond acceptors (Lipinski definition) is 6. The Morgan fingerprint density at radius 2 is 1.96 bits per heavy atom. The van der Waals surface area contributed by atoms with E-state index in [9.17, 15) is 9.59 Å². The molecule has 1 aromatic carbocycles. The Labute approximate surface area is 181 Å². The molecule has 8 nitrogen and oxygen atoms in total. The Hall–Kier alpha value is -1.95. The number of rotatable bonds is 3. The summed E-state index contributed by atoms with van der Waals surface area (Å²) in [4.78, 5) is 28.1. The largest absolute Gasteiger partial charge is 0.425 e. The number of halogens is 1. The summed E-state index contributed by atoms with van der Waals surface area (Å²) < 4.78 is 6.64. The van der Waals surface area contributed by atoms with E-state index in [1.165, 1.54) is 16.2 Å². The standard InChI is InChI=1S/C18H22IN5O3S/c1-18(2,3)14-21-22-15(28-14)24-13(9-10-23(4)17(24)26)27-16(25)20-12-7-5-11(19)6-8-12/h5-8,13H,9-10H2,1-4H3,(H,20,25). The van der Waals surface area contributed by atoms with Crippen molar-refractivity contribution >= 4 is 56.9 Å². The highest BCUT2D eigenvalue weighted by Crippen LogP contribution is 2.33. The Morgan fingerprint density at radius 1 is 1.29 bits per heavy atom. The van der Waals surface area contributed by atoms with E-state index < -0.39 is 12.3 Å². The normalized spacial score (nSPS) is 17.6. The third kappa shape index (κ3) is 4.72. The van der Waals surface area contributed by atoms with Crippen molar-refractivity contribution in [1.29, 1.82) is 0 Å². The van der Waals surface area contributed by atoms with Crippen LogP contribution in [0.5, 0.6) is 0 Å². The Balaban J connectivity index is 1.77. The van der Waals surface area contributed by atoms with Gasteiger partial charge >= 0.3 is 12.1 Å². The lowest BCUT2D eigenvalue weighted by Crippen LogP contribution is -2.55. The first-order chi connectivity index (χ1) is 13.1. The maximum absolute atomic E-state index is 12.8. The number of anilines is 2. The fourth-order valence-corrected chi connectivity index (χ4v) is 3.87. The van der Waals surface area contributed by atoms with Gasteiger partial charge in [0.05, 0.1) is 0 Å². The minimum atomic E-state index is -0.742. The second-order valence-corrected chi connectivity index (χ2v) is 9.70. The number of hydrogen-bond donors (Lipinski definition) is 1. The lowest BCUT2D eigenvalue weighted by atomic mass is 9.98. The molecule has 1 fully saturated rings. The topological polar surface area (TPSA) is 87.7 Å². The summed E-state index contributed by atoms with van der Waals surface area (Å²) in [6.45, 7) is 6.58. The summed E-state index contributed by atoms with van der Waals surface area (Å²) in [7, 11) is 1.71. The molecular formula is C18H22IN5O3S. The van der Waals surface area contributed by atoms with E-state index in [4.69, 9.17) is 4.74 Å². The molecular weight excluding hydrogens is 493 g/mol. The van der Waals surface area contributed by atoms with Crippen LogP contribution in [0.2, 0.25) is 0 Å². The second kappa shape index (κ2) is 8.19. The Morgan fingerprint density at radius 3 is 2.57 bits per heavy atom. The molecule has 1 aliphatic heterocycles. The molecule has 1 unspecified atom stereocenters. The minimum absolute atomic E-state index is 0.181. The molecule has 10 heteroatoms. The molecule has 2 aromatic rings. The Kier molecular flexibility index (Phi) is 6.08. The second-order valence-electron chi connectivity index (χ2n) is 7.49. The molecule has 0 saturated carbocycles. The highest BCUT2D eigenvalue weighted by atomic mass is 127. The lowest BCUT2D eigenvalue weighted by Gasteiger charge is -2.37. The average molecular weight is 515 g/mol. The van der Waals surface area contributed by atoms with Gasteiger partial charge in [0.1, 0.15) is 5.01 Å². The van der Waals surface area contributed by atoms with E-state index in [0.717, 1.165) is 8.58 Å². The first-order valence-electron chi connectivity index (χ1n) is 8.76. The SMILES string of the molecule is CN1CCC(OC(=O)Nc2ccc(I)cc2)N(c2nnc(C(C)(C)C)s2)C1=O. The predicted octanol–water partition coefficient (Wildman–Crippen LogP) is 4.28. The quantitative estimate of drug-likeness (QED) is 0.617. The number of amides is 3. The van der Waals surface area contributed by atoms with E-state index in [0.29, 0.717) is 23.8 Å². The molecule has 0 spiro atoms. The average Bonchev–Trinajstić information content (AvgIpc) is 3.10. The van der Waals surface area contributed by atoms with Gasteiger partial charge in [0.25, 0.3) is 0 Å². The zero-order chi connectivity index (χ0) is 20.5. The highest BCUT2D eigenvalue weighted by molar-refractivity contribution is 14.1. The number of urea groups is 1. The molecule has 2 heterocycles. The summed E-state index contributed by atoms with van der Waals surface area (Å²) in [5.41, 5.74) is 0.446. The smallest absolute Gasteiger partial charge is 0.413 e. The molecule has 3 amide bonds. The molecule has 0 radical (unpaired) electrons. The van der Waals surface area contributed by atoms with E-state index in [1.54, 1.807) is 24.1 Å². The first-order valence-corrected chi connectivity index (χ1v) is 10.7. The molecule has 1 N–H and O–H groups in total. The van der Waals surface area contributed by atoms with Crippen molar-refractivity contribution in [3.8, 4) is 0 Å². The van der Waals surface area contributed by atoms with Gasteiger partial charge in [-0.25, -0.2) is 14.5 Å². The van der Waals surface area contributed by atoms with Crippen LogP contribution in [-0.4, -0.2) is 47.0 Å². The molecule has 1 atom stereocenters. The molecule has 1 saturated heterocycles. The van der Waals surface area contributed by atoms with Gasteiger partial charge in [-0.2, -0.15) is 0 Å². The van der Waals surface area contributed by atoms with Crippen molar-refractivity contribution in [1.82, 2.24) is 15.1 Å². The number of ether oxygens (including phenoxy) is 1. The predicted molar refractivity (Wildman–Crippen MR) is 117 cm³/mol. The number of nitrogens with one attached hydrogen (secondary N) is 1. The summed E-state index contributed by atoms with van der Waals surface area (Å²) >= 11 is 3.52. The molecule has 150 valence electrons. The summed E-state index contributed by atoms with van der Waals surface area (Å²) in [5, 5.41) is 12.3. The van der Waals surface area contributed by atoms with E-state index >= 15 is 0 Å². The van der Waals surface area contributed by atoms with Crippen molar-refractivity contribution in [3.63, 3.8) is 0 Å². The number of nitrogens with zero attached hydrogens (tertiary/aromatic N) is 4. The van der Waals surface area contributed by atoms with Crippen LogP contribution in [0.15, 0.2) is 24.3 Å². The van der Waals surface area contributed by atoms with Crippen molar-refractivity contribution in [2.24, 2.45) is 0 Å². The van der Waals surface area contributed by atoms with E-state index in [2.05, 4.69) is 38.1 Å². The van der Waals surface area contributed by atoms with Crippen molar-refractivity contribution < 1.29 is 14.3 Å². The maximum Gasteiger partial charge on any atom is 0.413 e. The van der Waals surface area contributed by atoms with Crippen LogP contribution in [0.4, 0.5) is 20.4 Å². The summed E-state index contributed by atoms with van der Waals surface area (Å²) in [6.07, 6.45) is -0.880. The highest BCUT2D eigenvalue weighted by Gasteiger charge is 2.38. The number of aromatic nitrogens is 2. The zero-order valence-electron chi connectivity index (χ0n) is 16.1. The molecule has 1 aliphatic rings. The van der Waals surface area contributed by atoms with Gasteiger partial charge in [0, 0.05) is 34.7 Å². The first kappa shape index (κ1) is 20.8. The number of carbonyl (C=O) groups is 2. The van der Waals surface area contributed by atoms with Crippen LogP contribution in [0.1, 0.15) is 32.2 Å². The van der Waals surface area contributed by atoms with Crippen LogP contribution in [0.3, 0.4) is 0 Å². The van der Waals surface area contributed by atoms with E-state index in [1.807, 2.05) is 32.9 Å². The third-order valence-electron chi connectivity index (χ3n) is 4.13.